The number of ether oxygens (including phenoxy) is 8. The minimum atomic E-state index is -4.91. The maximum Gasteiger partial charge on any atom is 0.418 e. The highest BCUT2D eigenvalue weighted by Crippen LogP contribution is 2.57. The van der Waals surface area contributed by atoms with Crippen molar-refractivity contribution in [1.29, 1.82) is 0 Å². The van der Waals surface area contributed by atoms with E-state index in [-0.39, 0.29) is 123 Å². The first-order valence-electron chi connectivity index (χ1n) is 27.5. The highest BCUT2D eigenvalue weighted by molar-refractivity contribution is 6.15. The van der Waals surface area contributed by atoms with Gasteiger partial charge in [-0.15, -0.1) is 38.5 Å². The summed E-state index contributed by atoms with van der Waals surface area (Å²) in [4.78, 5) is 35.0. The fourth-order valence-corrected chi connectivity index (χ4v) is 11.7. The lowest BCUT2D eigenvalue weighted by Crippen LogP contribution is -2.44. The van der Waals surface area contributed by atoms with Crippen molar-refractivity contribution in [3.63, 3.8) is 0 Å². The number of hydrogen-bond donors (Lipinski definition) is 0. The topological polar surface area (TPSA) is 114 Å². The Bertz CT molecular complexity index is 3740. The largest absolute Gasteiger partial charge is 0.477 e. The van der Waals surface area contributed by atoms with Crippen LogP contribution in [0.4, 0.5) is 24.5 Å². The van der Waals surface area contributed by atoms with Crippen LogP contribution >= 0.6 is 0 Å². The Morgan fingerprint density at radius 3 is 1.69 bits per heavy atom. The number of unbranched alkanes of at least 4 members (excludes halogenated alkanes) is 3. The number of carbonyl (C=O) groups excluding carboxylic acids is 2. The third kappa shape index (κ3) is 12.0. The van der Waals surface area contributed by atoms with Gasteiger partial charge in [-0.1, -0.05) is 129 Å². The molecule has 0 saturated heterocycles. The van der Waals surface area contributed by atoms with Crippen LogP contribution < -0.4 is 28.7 Å². The first kappa shape index (κ1) is 62.0. The molecule has 0 N–H and O–H groups in total. The Morgan fingerprint density at radius 1 is 0.581 bits per heavy atom. The molecule has 4 aromatic carbocycles. The van der Waals surface area contributed by atoms with Crippen molar-refractivity contribution in [2.75, 3.05) is 62.5 Å². The number of amides is 2. The summed E-state index contributed by atoms with van der Waals surface area (Å²) in [7, 11) is 0. The van der Waals surface area contributed by atoms with Crippen LogP contribution in [0.3, 0.4) is 0 Å². The number of carbonyl (C=O) groups is 2. The van der Waals surface area contributed by atoms with Crippen molar-refractivity contribution in [1.82, 2.24) is 0 Å². The minimum Gasteiger partial charge on any atom is -0.477 e. The first-order valence-corrected chi connectivity index (χ1v) is 27.5. The van der Waals surface area contributed by atoms with E-state index in [4.69, 9.17) is 89.3 Å². The number of fused-ring (bicyclic) bond motifs is 2. The molecule has 0 spiro atoms. The summed E-state index contributed by atoms with van der Waals surface area (Å²) in [6, 6.07) is 19.1. The van der Waals surface area contributed by atoms with E-state index in [0.717, 1.165) is 11.6 Å². The van der Waals surface area contributed by atoms with Crippen molar-refractivity contribution >= 4 is 23.2 Å². The molecular weight excluding hydrogens is 1100 g/mol. The third-order valence-electron chi connectivity index (χ3n) is 15.1. The number of benzene rings is 4. The minimum absolute atomic E-state index is 0.0209. The summed E-state index contributed by atoms with van der Waals surface area (Å²) >= 11 is 0. The molecule has 2 amide bonds. The van der Waals surface area contributed by atoms with Gasteiger partial charge in [0.05, 0.1) is 16.9 Å². The summed E-state index contributed by atoms with van der Waals surface area (Å²) in [5, 5.41) is 0. The van der Waals surface area contributed by atoms with Gasteiger partial charge in [0.1, 0.15) is 86.8 Å². The number of alkyl halides is 3. The lowest BCUT2D eigenvalue weighted by atomic mass is 9.68. The molecule has 4 aromatic rings. The number of anilines is 2. The fourth-order valence-electron chi connectivity index (χ4n) is 11.7. The lowest BCUT2D eigenvalue weighted by Gasteiger charge is -2.35. The highest BCUT2D eigenvalue weighted by atomic mass is 19.4. The van der Waals surface area contributed by atoms with Gasteiger partial charge in [-0.25, -0.2) is 0 Å². The van der Waals surface area contributed by atoms with E-state index in [9.17, 15) is 0 Å². The van der Waals surface area contributed by atoms with Crippen LogP contribution in [-0.2, 0) is 52.0 Å². The van der Waals surface area contributed by atoms with E-state index in [0.29, 0.717) is 48.1 Å². The average molecular weight is 1160 g/mol. The maximum atomic E-state index is 16.1. The number of para-hydroxylation sites is 2. The van der Waals surface area contributed by atoms with Gasteiger partial charge in [0.15, 0.2) is 23.0 Å². The Labute approximate surface area is 500 Å². The van der Waals surface area contributed by atoms with Crippen LogP contribution in [0, 0.1) is 99.1 Å². The lowest BCUT2D eigenvalue weighted by molar-refractivity contribution is -0.137. The Hall–Kier alpha value is -10.1. The van der Waals surface area contributed by atoms with Crippen LogP contribution in [0.15, 0.2) is 120 Å². The molecule has 0 fully saturated rings. The number of terminal acetylenes is 8. The van der Waals surface area contributed by atoms with Crippen molar-refractivity contribution in [3.05, 3.63) is 153 Å². The molecule has 0 aromatic heterocycles. The maximum absolute atomic E-state index is 16.1. The summed E-state index contributed by atoms with van der Waals surface area (Å²) in [5.74, 6) is 14.4. The SMILES string of the molecule is C#CCOc1ccc(C2(C3=CC(OCC#C)C(OCC#C)C=C3)C(=O)N(CCCCCCN3C(=O)C(C4=CCC(OCC#C)C(OC#C)=C4)(c4ccc(OCC#C)c(OCC#C)c4)c4cccc(C(F)(F)F)c43)c3c(CC)cccc32)cc1OC#C. The van der Waals surface area contributed by atoms with E-state index < -0.39 is 46.8 Å². The molecule has 0 bridgehead atoms. The average Bonchev–Trinajstić information content (AvgIpc) is 1.68. The zero-order chi connectivity index (χ0) is 61.4. The second-order valence-corrected chi connectivity index (χ2v) is 19.8. The van der Waals surface area contributed by atoms with Crippen molar-refractivity contribution < 1.29 is 60.7 Å². The van der Waals surface area contributed by atoms with Crippen LogP contribution in [-0.4, -0.2) is 82.9 Å². The van der Waals surface area contributed by atoms with E-state index in [1.165, 1.54) is 35.2 Å². The molecule has 12 nitrogen and oxygen atoms in total. The number of rotatable bonds is 26. The second kappa shape index (κ2) is 28.0. The molecule has 5 atom stereocenters. The van der Waals surface area contributed by atoms with Gasteiger partial charge >= 0.3 is 6.18 Å². The monoisotopic (exact) mass is 1160 g/mol. The molecule has 0 radical (unpaired) electrons. The fraction of sp³-hybridized carbons (Fsp3) is 0.296. The number of aryl methyl sites for hydroxylation is 1. The molecule has 2 aliphatic heterocycles. The predicted molar refractivity (Wildman–Crippen MR) is 321 cm³/mol. The van der Waals surface area contributed by atoms with E-state index >= 15 is 22.8 Å². The number of halogens is 3. The van der Waals surface area contributed by atoms with Crippen LogP contribution in [0.25, 0.3) is 0 Å². The van der Waals surface area contributed by atoms with Gasteiger partial charge in [-0.2, -0.15) is 13.2 Å². The van der Waals surface area contributed by atoms with Gasteiger partial charge in [-0.05, 0) is 96.0 Å². The molecule has 2 heterocycles. The van der Waals surface area contributed by atoms with Crippen LogP contribution in [0.5, 0.6) is 23.0 Å². The van der Waals surface area contributed by atoms with Crippen molar-refractivity contribution in [3.8, 4) is 122 Å². The van der Waals surface area contributed by atoms with Gasteiger partial charge < -0.3 is 47.7 Å². The first-order chi connectivity index (χ1) is 41.8. The number of nitrogens with zero attached hydrogens (tertiary/aromatic N) is 2. The second-order valence-electron chi connectivity index (χ2n) is 19.8. The van der Waals surface area contributed by atoms with E-state index in [1.54, 1.807) is 41.3 Å². The van der Waals surface area contributed by atoms with Crippen LogP contribution in [0.2, 0.25) is 0 Å². The molecule has 0 saturated carbocycles. The molecule has 86 heavy (non-hydrogen) atoms. The van der Waals surface area contributed by atoms with E-state index in [2.05, 4.69) is 47.7 Å². The zero-order valence-corrected chi connectivity index (χ0v) is 47.2. The molecule has 8 rings (SSSR count). The van der Waals surface area contributed by atoms with Gasteiger partial charge in [0.2, 0.25) is 11.8 Å². The number of allylic oxidation sites excluding steroid dienone is 2. The summed E-state index contributed by atoms with van der Waals surface area (Å²) in [6.07, 6.45) is 52.9. The smallest absolute Gasteiger partial charge is 0.418 e. The van der Waals surface area contributed by atoms with E-state index in [1.807, 2.05) is 37.3 Å². The standard InChI is InChI=1S/C71H59F3N2O10/c1-10-39-81-57-33-29-50(45-61(57)79-17-8)69(52-31-35-59(83-41-12-3)63(47-52)85-43-14-5)54-26-23-25-49(16-7)65(54)75(67(69)77)37-21-19-20-22-38-76-66-55(27-24-28-56(66)71(72,73)74)70(68(76)78,51-30-34-58(82-40-11-2)62(46-51)80-18-9)53-32-36-60(84-42-13-4)64(48-53)86-44-15-6/h1-6,8-9,23-33,35-36,45-48,58-59,63H,16,19-22,34,37-44H2,7H3. The summed E-state index contributed by atoms with van der Waals surface area (Å²) in [6.45, 7) is 1.40. The Balaban J connectivity index is 1.16. The summed E-state index contributed by atoms with van der Waals surface area (Å²) in [5.41, 5.74) is -1.12. The molecule has 5 unspecified atom stereocenters. The molecule has 2 aliphatic carbocycles. The van der Waals surface area contributed by atoms with Crippen molar-refractivity contribution in [2.45, 2.75) is 80.8 Å². The number of hydrogen-bond acceptors (Lipinski definition) is 10. The Morgan fingerprint density at radius 2 is 1.10 bits per heavy atom. The molecular formula is C71H59F3N2O10. The zero-order valence-electron chi connectivity index (χ0n) is 47.2. The summed E-state index contributed by atoms with van der Waals surface area (Å²) < 4.78 is 93.3. The third-order valence-corrected chi connectivity index (χ3v) is 15.1. The van der Waals surface area contributed by atoms with Crippen molar-refractivity contribution in [2.24, 2.45) is 0 Å². The molecule has 15 heteroatoms. The normalized spacial score (nSPS) is 19.9. The molecule has 4 aliphatic rings. The van der Waals surface area contributed by atoms with Gasteiger partial charge in [-0.3, -0.25) is 9.59 Å². The predicted octanol–water partition coefficient (Wildman–Crippen LogP) is 10.2. The quantitative estimate of drug-likeness (QED) is 0.0445. The van der Waals surface area contributed by atoms with Gasteiger partial charge in [0.25, 0.3) is 0 Å². The highest BCUT2D eigenvalue weighted by Gasteiger charge is 2.58. The van der Waals surface area contributed by atoms with Gasteiger partial charge in [0, 0.05) is 24.2 Å². The molecule has 434 valence electrons. The van der Waals surface area contributed by atoms with Crippen LogP contribution in [0.1, 0.15) is 72.4 Å². The Kier molecular flexibility index (Phi) is 20.2.